The van der Waals surface area contributed by atoms with Crippen molar-refractivity contribution in [3.63, 3.8) is 0 Å². The lowest BCUT2D eigenvalue weighted by Crippen LogP contribution is -2.57. The number of benzene rings is 2. The number of hydrogen-bond acceptors (Lipinski definition) is 8. The Morgan fingerprint density at radius 1 is 1.09 bits per heavy atom. The molecule has 0 aromatic heterocycles. The second-order valence-electron chi connectivity index (χ2n) is 12.1. The highest BCUT2D eigenvalue weighted by Crippen LogP contribution is 2.47. The molecular formula is C32H41F2N5O6S. The molecule has 2 N–H and O–H groups in total. The number of hydrogen-bond donors (Lipinski definition) is 2. The summed E-state index contributed by atoms with van der Waals surface area (Å²) in [5, 5.41) is 6.06. The molecule has 2 unspecified atom stereocenters. The monoisotopic (exact) mass is 661 g/mol. The maximum absolute atomic E-state index is 14.4. The Bertz CT molecular complexity index is 1610. The van der Waals surface area contributed by atoms with Gasteiger partial charge < -0.3 is 25.0 Å². The van der Waals surface area contributed by atoms with Gasteiger partial charge in [-0.1, -0.05) is 24.3 Å². The number of methoxy groups -OCH3 is 2. The van der Waals surface area contributed by atoms with Crippen molar-refractivity contribution < 1.29 is 36.3 Å². The van der Waals surface area contributed by atoms with Gasteiger partial charge in [-0.2, -0.15) is 0 Å². The molecule has 2 aromatic rings. The van der Waals surface area contributed by atoms with Crippen molar-refractivity contribution in [2.75, 3.05) is 64.1 Å². The Hall–Kier alpha value is -3.75. The number of carbonyl (C=O) groups is 2. The Morgan fingerprint density at radius 3 is 2.46 bits per heavy atom. The van der Waals surface area contributed by atoms with Gasteiger partial charge in [0.15, 0.2) is 11.6 Å². The largest absolute Gasteiger partial charge is 0.466 e. The first-order valence-corrected chi connectivity index (χ1v) is 17.1. The summed E-state index contributed by atoms with van der Waals surface area (Å²) in [6.07, 6.45) is 2.91. The number of likely N-dealkylation sites (tertiary alicyclic amines) is 1. The van der Waals surface area contributed by atoms with Gasteiger partial charge in [0.1, 0.15) is 6.17 Å². The van der Waals surface area contributed by atoms with Crippen molar-refractivity contribution in [3.05, 3.63) is 76.5 Å². The zero-order valence-corrected chi connectivity index (χ0v) is 27.3. The predicted octanol–water partition coefficient (Wildman–Crippen LogP) is 3.24. The molecule has 0 saturated carbocycles. The van der Waals surface area contributed by atoms with Crippen LogP contribution in [0.4, 0.5) is 19.3 Å². The molecule has 14 heteroatoms. The number of nitrogens with zero attached hydrogens (tertiary/aromatic N) is 3. The van der Waals surface area contributed by atoms with Gasteiger partial charge in [-0.3, -0.25) is 9.21 Å². The Kier molecular flexibility index (Phi) is 9.89. The Labute approximate surface area is 268 Å². The SMILES string of the molecule is COCC1=C(C(=O)OC)C(c2ccc(F)c(F)c2)N(C(=O)NCCCN2CCC3(CC2)CN(S(C)(=O)=O)c2ccccc23)C(C)N1. The van der Waals surface area contributed by atoms with E-state index in [0.29, 0.717) is 25.2 Å². The highest BCUT2D eigenvalue weighted by Gasteiger charge is 2.47. The van der Waals surface area contributed by atoms with E-state index in [1.54, 1.807) is 6.92 Å². The van der Waals surface area contributed by atoms with E-state index in [0.717, 1.165) is 55.9 Å². The van der Waals surface area contributed by atoms with Gasteiger partial charge in [0, 0.05) is 25.6 Å². The molecule has 5 rings (SSSR count). The summed E-state index contributed by atoms with van der Waals surface area (Å²) in [4.78, 5) is 30.3. The summed E-state index contributed by atoms with van der Waals surface area (Å²) in [6, 6.07) is 9.46. The predicted molar refractivity (Wildman–Crippen MR) is 168 cm³/mol. The number of ether oxygens (including phenoxy) is 2. The smallest absolute Gasteiger partial charge is 0.338 e. The van der Waals surface area contributed by atoms with Crippen LogP contribution in [-0.4, -0.2) is 96.2 Å². The number of anilines is 1. The van der Waals surface area contributed by atoms with Gasteiger partial charge in [-0.15, -0.1) is 0 Å². The maximum Gasteiger partial charge on any atom is 0.338 e. The summed E-state index contributed by atoms with van der Waals surface area (Å²) >= 11 is 0. The van der Waals surface area contributed by atoms with Gasteiger partial charge in [0.25, 0.3) is 0 Å². The number of esters is 1. The molecule has 0 bridgehead atoms. The number of rotatable bonds is 9. The van der Waals surface area contributed by atoms with Gasteiger partial charge in [0.2, 0.25) is 10.0 Å². The lowest BCUT2D eigenvalue weighted by atomic mass is 9.74. The molecule has 1 fully saturated rings. The van der Waals surface area contributed by atoms with Crippen molar-refractivity contribution in [3.8, 4) is 0 Å². The van der Waals surface area contributed by atoms with Crippen molar-refractivity contribution in [2.45, 2.75) is 43.8 Å². The molecule has 2 aromatic carbocycles. The average molecular weight is 662 g/mol. The van der Waals surface area contributed by atoms with E-state index in [2.05, 4.69) is 15.5 Å². The van der Waals surface area contributed by atoms with Crippen LogP contribution < -0.4 is 14.9 Å². The second-order valence-corrected chi connectivity index (χ2v) is 14.0. The van der Waals surface area contributed by atoms with Crippen LogP contribution in [-0.2, 0) is 29.7 Å². The fourth-order valence-electron chi connectivity index (χ4n) is 6.94. The third-order valence-corrected chi connectivity index (χ3v) is 10.3. The van der Waals surface area contributed by atoms with Crippen LogP contribution in [0.5, 0.6) is 0 Å². The van der Waals surface area contributed by atoms with E-state index >= 15 is 0 Å². The van der Waals surface area contributed by atoms with Crippen molar-refractivity contribution in [1.29, 1.82) is 0 Å². The molecule has 2 atom stereocenters. The quantitative estimate of drug-likeness (QED) is 0.311. The molecule has 0 aliphatic carbocycles. The van der Waals surface area contributed by atoms with Gasteiger partial charge in [-0.05, 0) is 75.1 Å². The highest BCUT2D eigenvalue weighted by molar-refractivity contribution is 7.92. The van der Waals surface area contributed by atoms with Crippen LogP contribution in [0.25, 0.3) is 0 Å². The van der Waals surface area contributed by atoms with Crippen molar-refractivity contribution in [1.82, 2.24) is 20.4 Å². The summed E-state index contributed by atoms with van der Waals surface area (Å²) in [7, 11) is -0.719. The topological polar surface area (TPSA) is 121 Å². The maximum atomic E-state index is 14.4. The van der Waals surface area contributed by atoms with Crippen LogP contribution in [0, 0.1) is 11.6 Å². The van der Waals surface area contributed by atoms with Gasteiger partial charge >= 0.3 is 12.0 Å². The van der Waals surface area contributed by atoms with Crippen LogP contribution in [0.2, 0.25) is 0 Å². The van der Waals surface area contributed by atoms with E-state index in [1.165, 1.54) is 35.7 Å². The molecule has 250 valence electrons. The van der Waals surface area contributed by atoms with E-state index in [1.807, 2.05) is 24.3 Å². The number of nitrogens with one attached hydrogen (secondary N) is 2. The number of carbonyl (C=O) groups excluding carboxylic acids is 2. The fraction of sp³-hybridized carbons (Fsp3) is 0.500. The average Bonchev–Trinajstić information content (AvgIpc) is 3.35. The zero-order valence-electron chi connectivity index (χ0n) is 26.5. The highest BCUT2D eigenvalue weighted by atomic mass is 32.2. The minimum Gasteiger partial charge on any atom is -0.466 e. The Balaban J connectivity index is 1.24. The molecule has 2 amide bonds. The summed E-state index contributed by atoms with van der Waals surface area (Å²) in [6.45, 7) is 4.83. The van der Waals surface area contributed by atoms with Crippen LogP contribution in [0.15, 0.2) is 53.7 Å². The number of fused-ring (bicyclic) bond motifs is 2. The first kappa shape index (κ1) is 33.6. The minimum absolute atomic E-state index is 0.0133. The van der Waals surface area contributed by atoms with E-state index in [4.69, 9.17) is 9.47 Å². The van der Waals surface area contributed by atoms with Crippen LogP contribution >= 0.6 is 0 Å². The van der Waals surface area contributed by atoms with Crippen LogP contribution in [0.3, 0.4) is 0 Å². The van der Waals surface area contributed by atoms with Crippen molar-refractivity contribution >= 4 is 27.7 Å². The number of amides is 2. The molecule has 11 nitrogen and oxygen atoms in total. The number of urea groups is 1. The second kappa shape index (κ2) is 13.5. The van der Waals surface area contributed by atoms with Gasteiger partial charge in [-0.25, -0.2) is 26.8 Å². The standard InChI is InChI=1S/C32H41F2N5O6S/c1-21-36-26(19-44-2)28(30(40)45-3)29(22-10-11-24(33)25(34)18-22)39(21)31(41)35-14-7-15-37-16-12-32(13-17-37)20-38(46(4,42)43)27-9-6-5-8-23(27)32/h5-6,8-11,18,21,29,36H,7,12-17,19-20H2,1-4H3,(H,35,41). The Morgan fingerprint density at radius 2 is 1.80 bits per heavy atom. The van der Waals surface area contributed by atoms with E-state index in [-0.39, 0.29) is 23.2 Å². The van der Waals surface area contributed by atoms with Crippen LogP contribution in [0.1, 0.15) is 43.4 Å². The normalized spacial score (nSPS) is 21.3. The summed E-state index contributed by atoms with van der Waals surface area (Å²) in [5.74, 6) is -2.88. The minimum atomic E-state index is -3.38. The molecule has 3 aliphatic rings. The third kappa shape index (κ3) is 6.56. The summed E-state index contributed by atoms with van der Waals surface area (Å²) < 4.78 is 65.1. The molecule has 46 heavy (non-hydrogen) atoms. The zero-order chi connectivity index (χ0) is 33.2. The molecule has 1 saturated heterocycles. The first-order valence-electron chi connectivity index (χ1n) is 15.3. The number of para-hydroxylation sites is 1. The number of sulfonamides is 1. The first-order chi connectivity index (χ1) is 21.9. The molecule has 3 heterocycles. The number of halogens is 2. The molecule has 1 spiro atoms. The van der Waals surface area contributed by atoms with Crippen molar-refractivity contribution in [2.24, 2.45) is 0 Å². The molecule has 3 aliphatic heterocycles. The van der Waals surface area contributed by atoms with E-state index in [9.17, 15) is 26.8 Å². The van der Waals surface area contributed by atoms with E-state index < -0.39 is 45.9 Å². The molecular weight excluding hydrogens is 620 g/mol. The lowest BCUT2D eigenvalue weighted by molar-refractivity contribution is -0.137. The summed E-state index contributed by atoms with van der Waals surface area (Å²) in [5.41, 5.74) is 2.29. The molecule has 0 radical (unpaired) electrons. The third-order valence-electron chi connectivity index (χ3n) is 9.20. The number of piperidine rings is 1. The van der Waals surface area contributed by atoms with Gasteiger partial charge in [0.05, 0.1) is 43.0 Å². The lowest BCUT2D eigenvalue weighted by Gasteiger charge is -2.43. The fourth-order valence-corrected chi connectivity index (χ4v) is 7.94.